The smallest absolute Gasteiger partial charge is 0.310 e. The maximum absolute atomic E-state index is 11.1. The zero-order valence-electron chi connectivity index (χ0n) is 12.0. The summed E-state index contributed by atoms with van der Waals surface area (Å²) < 4.78 is 0. The molecule has 1 heterocycles. The van der Waals surface area contributed by atoms with Crippen LogP contribution in [-0.2, 0) is 4.79 Å². The van der Waals surface area contributed by atoms with E-state index in [0.717, 1.165) is 26.2 Å². The molecule has 1 aliphatic heterocycles. The first-order valence-electron chi connectivity index (χ1n) is 7.12. The van der Waals surface area contributed by atoms with Crippen LogP contribution in [0.25, 0.3) is 0 Å². The molecule has 4 nitrogen and oxygen atoms in total. The van der Waals surface area contributed by atoms with E-state index >= 15 is 0 Å². The van der Waals surface area contributed by atoms with Crippen molar-refractivity contribution in [2.24, 2.45) is 11.3 Å². The van der Waals surface area contributed by atoms with Gasteiger partial charge in [0.1, 0.15) is 0 Å². The van der Waals surface area contributed by atoms with Crippen molar-refractivity contribution in [1.29, 1.82) is 0 Å². The van der Waals surface area contributed by atoms with Crippen molar-refractivity contribution in [3.8, 4) is 0 Å². The standard InChI is InChI=1S/C14H28N2O2/c1-4-7-15-9-12-6-5-8-16(10-12)11-14(2,3)13(17)18/h12,15H,4-11H2,1-3H3,(H,17,18). The Morgan fingerprint density at radius 1 is 1.50 bits per heavy atom. The fourth-order valence-corrected chi connectivity index (χ4v) is 2.57. The number of hydrogen-bond donors (Lipinski definition) is 2. The largest absolute Gasteiger partial charge is 0.481 e. The van der Waals surface area contributed by atoms with Gasteiger partial charge in [0.2, 0.25) is 0 Å². The monoisotopic (exact) mass is 256 g/mol. The minimum atomic E-state index is -0.700. The minimum absolute atomic E-state index is 0.640. The van der Waals surface area contributed by atoms with Crippen LogP contribution in [0.1, 0.15) is 40.0 Å². The van der Waals surface area contributed by atoms with Crippen LogP contribution in [0, 0.1) is 11.3 Å². The van der Waals surface area contributed by atoms with E-state index < -0.39 is 11.4 Å². The Bertz CT molecular complexity index is 267. The van der Waals surface area contributed by atoms with Gasteiger partial charge in [0.15, 0.2) is 0 Å². The summed E-state index contributed by atoms with van der Waals surface area (Å²) in [7, 11) is 0. The van der Waals surface area contributed by atoms with Gasteiger partial charge in [-0.05, 0) is 58.7 Å². The first-order chi connectivity index (χ1) is 8.45. The van der Waals surface area contributed by atoms with E-state index in [1.54, 1.807) is 0 Å². The van der Waals surface area contributed by atoms with Crippen LogP contribution in [0.15, 0.2) is 0 Å². The van der Waals surface area contributed by atoms with Gasteiger partial charge in [0, 0.05) is 13.1 Å². The fraction of sp³-hybridized carbons (Fsp3) is 0.929. The molecule has 1 aliphatic rings. The number of nitrogens with zero attached hydrogens (tertiary/aromatic N) is 1. The number of aliphatic carboxylic acids is 1. The molecule has 0 aromatic heterocycles. The third-order valence-electron chi connectivity index (χ3n) is 3.66. The van der Waals surface area contributed by atoms with Crippen molar-refractivity contribution in [2.75, 3.05) is 32.7 Å². The molecular weight excluding hydrogens is 228 g/mol. The second-order valence-electron chi connectivity index (χ2n) is 6.14. The van der Waals surface area contributed by atoms with Crippen LogP contribution < -0.4 is 5.32 Å². The van der Waals surface area contributed by atoms with Crippen LogP contribution in [0.4, 0.5) is 0 Å². The highest BCUT2D eigenvalue weighted by Gasteiger charge is 2.31. The molecule has 1 atom stereocenters. The number of hydrogen-bond acceptors (Lipinski definition) is 3. The molecule has 0 amide bonds. The number of carboxylic acids is 1. The van der Waals surface area contributed by atoms with Crippen LogP contribution in [-0.4, -0.2) is 48.7 Å². The molecule has 0 aromatic rings. The molecule has 1 unspecified atom stereocenters. The highest BCUT2D eigenvalue weighted by molar-refractivity contribution is 5.73. The first-order valence-corrected chi connectivity index (χ1v) is 7.12. The molecule has 0 radical (unpaired) electrons. The Morgan fingerprint density at radius 3 is 2.83 bits per heavy atom. The van der Waals surface area contributed by atoms with Crippen molar-refractivity contribution in [3.63, 3.8) is 0 Å². The lowest BCUT2D eigenvalue weighted by molar-refractivity contribution is -0.148. The zero-order chi connectivity index (χ0) is 13.6. The number of rotatable bonds is 7. The second-order valence-corrected chi connectivity index (χ2v) is 6.14. The zero-order valence-corrected chi connectivity index (χ0v) is 12.0. The third kappa shape index (κ3) is 4.94. The summed E-state index contributed by atoms with van der Waals surface area (Å²) in [6.45, 7) is 10.7. The summed E-state index contributed by atoms with van der Waals surface area (Å²) >= 11 is 0. The lowest BCUT2D eigenvalue weighted by Gasteiger charge is -2.36. The number of piperidine rings is 1. The molecule has 0 aliphatic carbocycles. The van der Waals surface area contributed by atoms with Gasteiger partial charge in [-0.25, -0.2) is 0 Å². The number of carboxylic acid groups (broad SMARTS) is 1. The summed E-state index contributed by atoms with van der Waals surface area (Å²) in [5.74, 6) is -0.0244. The normalized spacial score (nSPS) is 22.1. The SMILES string of the molecule is CCCNCC1CCCN(CC(C)(C)C(=O)O)C1. The third-order valence-corrected chi connectivity index (χ3v) is 3.66. The van der Waals surface area contributed by atoms with E-state index in [-0.39, 0.29) is 0 Å². The minimum Gasteiger partial charge on any atom is -0.481 e. The fourth-order valence-electron chi connectivity index (χ4n) is 2.57. The lowest BCUT2D eigenvalue weighted by atomic mass is 9.90. The molecule has 1 rings (SSSR count). The molecule has 0 saturated carbocycles. The Balaban J connectivity index is 2.37. The van der Waals surface area contributed by atoms with Crippen molar-refractivity contribution >= 4 is 5.97 Å². The van der Waals surface area contributed by atoms with E-state index in [9.17, 15) is 9.90 Å². The molecule has 1 saturated heterocycles. The van der Waals surface area contributed by atoms with Gasteiger partial charge >= 0.3 is 5.97 Å². The molecule has 4 heteroatoms. The van der Waals surface area contributed by atoms with Gasteiger partial charge in [0.05, 0.1) is 5.41 Å². The number of carbonyl (C=O) groups is 1. The Hall–Kier alpha value is -0.610. The molecule has 0 bridgehead atoms. The summed E-state index contributed by atoms with van der Waals surface area (Å²) in [4.78, 5) is 13.5. The van der Waals surface area contributed by atoms with E-state index in [4.69, 9.17) is 0 Å². The molecule has 18 heavy (non-hydrogen) atoms. The van der Waals surface area contributed by atoms with Crippen molar-refractivity contribution in [3.05, 3.63) is 0 Å². The van der Waals surface area contributed by atoms with Crippen LogP contribution in [0.2, 0.25) is 0 Å². The van der Waals surface area contributed by atoms with E-state index in [1.165, 1.54) is 19.3 Å². The predicted molar refractivity (Wildman–Crippen MR) is 73.7 cm³/mol. The summed E-state index contributed by atoms with van der Waals surface area (Å²) in [5, 5.41) is 12.6. The Labute approximate surface area is 111 Å². The lowest BCUT2D eigenvalue weighted by Crippen LogP contribution is -2.45. The summed E-state index contributed by atoms with van der Waals surface area (Å²) in [6, 6.07) is 0. The van der Waals surface area contributed by atoms with Crippen LogP contribution in [0.5, 0.6) is 0 Å². The van der Waals surface area contributed by atoms with Gasteiger partial charge in [-0.1, -0.05) is 6.92 Å². The van der Waals surface area contributed by atoms with Crippen LogP contribution in [0.3, 0.4) is 0 Å². The maximum Gasteiger partial charge on any atom is 0.310 e. The highest BCUT2D eigenvalue weighted by Crippen LogP contribution is 2.22. The molecule has 0 spiro atoms. The van der Waals surface area contributed by atoms with Crippen molar-refractivity contribution < 1.29 is 9.90 Å². The number of nitrogens with one attached hydrogen (secondary N) is 1. The van der Waals surface area contributed by atoms with Gasteiger partial charge in [-0.15, -0.1) is 0 Å². The van der Waals surface area contributed by atoms with Gasteiger partial charge in [0.25, 0.3) is 0 Å². The highest BCUT2D eigenvalue weighted by atomic mass is 16.4. The molecule has 1 fully saturated rings. The average molecular weight is 256 g/mol. The Morgan fingerprint density at radius 2 is 2.22 bits per heavy atom. The summed E-state index contributed by atoms with van der Waals surface area (Å²) in [6.07, 6.45) is 3.62. The van der Waals surface area contributed by atoms with Crippen molar-refractivity contribution in [1.82, 2.24) is 10.2 Å². The van der Waals surface area contributed by atoms with E-state index in [0.29, 0.717) is 12.5 Å². The van der Waals surface area contributed by atoms with Crippen molar-refractivity contribution in [2.45, 2.75) is 40.0 Å². The topological polar surface area (TPSA) is 52.6 Å². The molecule has 2 N–H and O–H groups in total. The van der Waals surface area contributed by atoms with Gasteiger partial charge in [-0.3, -0.25) is 4.79 Å². The number of likely N-dealkylation sites (tertiary alicyclic amines) is 1. The van der Waals surface area contributed by atoms with Gasteiger partial charge in [-0.2, -0.15) is 0 Å². The van der Waals surface area contributed by atoms with E-state index in [1.807, 2.05) is 13.8 Å². The molecule has 0 aromatic carbocycles. The second kappa shape index (κ2) is 7.10. The summed E-state index contributed by atoms with van der Waals surface area (Å²) in [5.41, 5.74) is -0.640. The van der Waals surface area contributed by atoms with E-state index in [2.05, 4.69) is 17.1 Å². The quantitative estimate of drug-likeness (QED) is 0.682. The molecule has 106 valence electrons. The molecular formula is C14H28N2O2. The van der Waals surface area contributed by atoms with Crippen LogP contribution >= 0.6 is 0 Å². The predicted octanol–water partition coefficient (Wildman–Crippen LogP) is 1.81. The first kappa shape index (κ1) is 15.4. The Kier molecular flexibility index (Phi) is 6.09. The average Bonchev–Trinajstić information content (AvgIpc) is 2.29. The maximum atomic E-state index is 11.1. The van der Waals surface area contributed by atoms with Gasteiger partial charge < -0.3 is 15.3 Å².